The molecule has 7 nitrogen and oxygen atoms in total. The first-order chi connectivity index (χ1) is 11.2. The van der Waals surface area contributed by atoms with Gasteiger partial charge in [0.15, 0.2) is 4.34 Å². The second-order valence-electron chi connectivity index (χ2n) is 4.83. The van der Waals surface area contributed by atoms with Gasteiger partial charge in [0.2, 0.25) is 21.1 Å². The number of hydrogen-bond acceptors (Lipinski definition) is 7. The average Bonchev–Trinajstić information content (AvgIpc) is 2.94. The van der Waals surface area contributed by atoms with E-state index in [0.717, 1.165) is 16.1 Å². The smallest absolute Gasteiger partial charge is 0.246 e. The Hall–Kier alpha value is -1.36. The zero-order chi connectivity index (χ0) is 17.9. The Balaban J connectivity index is 2.19. The summed E-state index contributed by atoms with van der Waals surface area (Å²) in [6, 6.07) is 4.82. The first-order valence-corrected chi connectivity index (χ1v) is 10.9. The number of thioether (sulfide) groups is 1. The number of carbonyl (C=O) groups excluding carboxylic acids is 1. The number of halogens is 1. The molecule has 1 amide bonds. The molecule has 0 aliphatic carbocycles. The second kappa shape index (κ2) is 7.68. The van der Waals surface area contributed by atoms with Crippen LogP contribution in [0.1, 0.15) is 5.56 Å². The van der Waals surface area contributed by atoms with Crippen LogP contribution < -0.4 is 9.62 Å². The Morgan fingerprint density at radius 3 is 2.67 bits per heavy atom. The molecule has 1 N–H and O–H groups in total. The summed E-state index contributed by atoms with van der Waals surface area (Å²) in [7, 11) is -3.66. The Kier molecular flexibility index (Phi) is 6.07. The van der Waals surface area contributed by atoms with Crippen LogP contribution in [0.25, 0.3) is 0 Å². The van der Waals surface area contributed by atoms with Crippen molar-refractivity contribution in [2.24, 2.45) is 0 Å². The minimum Gasteiger partial charge on any atom is -0.299 e. The van der Waals surface area contributed by atoms with Gasteiger partial charge in [0, 0.05) is 5.02 Å². The highest BCUT2D eigenvalue weighted by atomic mass is 35.5. The van der Waals surface area contributed by atoms with Crippen LogP contribution in [0.4, 0.5) is 10.8 Å². The number of hydrogen-bond donors (Lipinski definition) is 1. The number of sulfonamides is 1. The van der Waals surface area contributed by atoms with Crippen LogP contribution in [0.15, 0.2) is 22.5 Å². The third-order valence-corrected chi connectivity index (χ3v) is 6.32. The van der Waals surface area contributed by atoms with Gasteiger partial charge in [-0.1, -0.05) is 40.8 Å². The zero-order valence-electron chi connectivity index (χ0n) is 13.1. The molecule has 1 heterocycles. The molecule has 11 heteroatoms. The molecule has 0 bridgehead atoms. The summed E-state index contributed by atoms with van der Waals surface area (Å²) >= 11 is 8.68. The van der Waals surface area contributed by atoms with Crippen molar-refractivity contribution in [3.8, 4) is 0 Å². The molecule has 0 aliphatic rings. The van der Waals surface area contributed by atoms with Crippen molar-refractivity contribution >= 4 is 61.4 Å². The molecular formula is C13H15ClN4O3S3. The number of aryl methyl sites for hydroxylation is 1. The van der Waals surface area contributed by atoms with Gasteiger partial charge >= 0.3 is 0 Å². The van der Waals surface area contributed by atoms with Crippen molar-refractivity contribution in [3.05, 3.63) is 28.8 Å². The molecule has 24 heavy (non-hydrogen) atoms. The average molecular weight is 407 g/mol. The van der Waals surface area contributed by atoms with Crippen molar-refractivity contribution in [1.29, 1.82) is 0 Å². The molecule has 2 aromatic rings. The predicted octanol–water partition coefficient (Wildman–Crippen LogP) is 2.63. The number of anilines is 2. The van der Waals surface area contributed by atoms with E-state index < -0.39 is 15.9 Å². The Bertz CT molecular complexity index is 854. The van der Waals surface area contributed by atoms with E-state index in [9.17, 15) is 13.2 Å². The van der Waals surface area contributed by atoms with Crippen LogP contribution in [0, 0.1) is 6.92 Å². The lowest BCUT2D eigenvalue weighted by molar-refractivity contribution is -0.114. The van der Waals surface area contributed by atoms with Gasteiger partial charge < -0.3 is 0 Å². The summed E-state index contributed by atoms with van der Waals surface area (Å²) in [5, 5.41) is 11.0. The largest absolute Gasteiger partial charge is 0.299 e. The summed E-state index contributed by atoms with van der Waals surface area (Å²) in [5.41, 5.74) is 1.14. The molecule has 0 fully saturated rings. The van der Waals surface area contributed by atoms with Gasteiger partial charge in [0.1, 0.15) is 6.54 Å². The van der Waals surface area contributed by atoms with Crippen molar-refractivity contribution < 1.29 is 13.2 Å². The first kappa shape index (κ1) is 19.0. The van der Waals surface area contributed by atoms with Crippen LogP contribution in [0.3, 0.4) is 0 Å². The lowest BCUT2D eigenvalue weighted by Gasteiger charge is -2.22. The van der Waals surface area contributed by atoms with Crippen molar-refractivity contribution in [2.75, 3.05) is 28.7 Å². The number of nitrogens with zero attached hydrogens (tertiary/aromatic N) is 3. The van der Waals surface area contributed by atoms with Crippen molar-refractivity contribution in [2.45, 2.75) is 11.3 Å². The third kappa shape index (κ3) is 4.82. The maximum absolute atomic E-state index is 12.2. The standard InChI is InChI=1S/C13H15ClN4O3S3/c1-8-4-5-9(6-10(8)14)18(24(3,20)21)7-11(19)15-12-16-17-13(22-2)23-12/h4-6H,7H2,1-3H3,(H,15,16,19). The molecule has 0 radical (unpaired) electrons. The van der Waals surface area contributed by atoms with E-state index in [1.807, 2.05) is 13.2 Å². The number of amides is 1. The molecular weight excluding hydrogens is 392 g/mol. The predicted molar refractivity (Wildman–Crippen MR) is 98.7 cm³/mol. The summed E-state index contributed by atoms with van der Waals surface area (Å²) < 4.78 is 25.8. The monoisotopic (exact) mass is 406 g/mol. The van der Waals surface area contributed by atoms with Crippen LogP contribution >= 0.6 is 34.7 Å². The molecule has 0 saturated carbocycles. The molecule has 1 aromatic heterocycles. The van der Waals surface area contributed by atoms with E-state index >= 15 is 0 Å². The molecule has 130 valence electrons. The van der Waals surface area contributed by atoms with Crippen molar-refractivity contribution in [3.63, 3.8) is 0 Å². The molecule has 0 saturated heterocycles. The maximum atomic E-state index is 12.2. The van der Waals surface area contributed by atoms with Crippen LogP contribution in [0.5, 0.6) is 0 Å². The Morgan fingerprint density at radius 2 is 2.12 bits per heavy atom. The Labute approximate surface area is 153 Å². The van der Waals surface area contributed by atoms with Crippen LogP contribution in [-0.2, 0) is 14.8 Å². The quantitative estimate of drug-likeness (QED) is 0.585. The van der Waals surface area contributed by atoms with E-state index in [1.165, 1.54) is 29.2 Å². The number of rotatable bonds is 6. The van der Waals surface area contributed by atoms with Gasteiger partial charge in [0.25, 0.3) is 0 Å². The van der Waals surface area contributed by atoms with E-state index in [-0.39, 0.29) is 6.54 Å². The zero-order valence-corrected chi connectivity index (χ0v) is 16.3. The second-order valence-corrected chi connectivity index (χ2v) is 9.17. The molecule has 0 aliphatic heterocycles. The van der Waals surface area contributed by atoms with Gasteiger partial charge in [-0.25, -0.2) is 8.42 Å². The molecule has 2 rings (SSSR count). The minimum absolute atomic E-state index is 0.319. The number of nitrogens with one attached hydrogen (secondary N) is 1. The molecule has 0 unspecified atom stereocenters. The molecule has 0 atom stereocenters. The SMILES string of the molecule is CSc1nnc(NC(=O)CN(c2ccc(C)c(Cl)c2)S(C)(=O)=O)s1. The van der Waals surface area contributed by atoms with Gasteiger partial charge in [0.05, 0.1) is 11.9 Å². The lowest BCUT2D eigenvalue weighted by Crippen LogP contribution is -2.37. The number of carbonyl (C=O) groups is 1. The lowest BCUT2D eigenvalue weighted by atomic mass is 10.2. The fourth-order valence-corrected chi connectivity index (χ4v) is 3.98. The molecule has 0 spiro atoms. The van der Waals surface area contributed by atoms with E-state index in [2.05, 4.69) is 15.5 Å². The summed E-state index contributed by atoms with van der Waals surface area (Å²) in [6.45, 7) is 1.43. The van der Waals surface area contributed by atoms with Gasteiger partial charge in [-0.15, -0.1) is 10.2 Å². The first-order valence-electron chi connectivity index (χ1n) is 6.62. The van der Waals surface area contributed by atoms with E-state index in [4.69, 9.17) is 11.6 Å². The maximum Gasteiger partial charge on any atom is 0.246 e. The van der Waals surface area contributed by atoms with Gasteiger partial charge in [-0.3, -0.25) is 14.4 Å². The topological polar surface area (TPSA) is 92.3 Å². The minimum atomic E-state index is -3.66. The molecule has 1 aromatic carbocycles. The summed E-state index contributed by atoms with van der Waals surface area (Å²) in [5.74, 6) is -0.513. The summed E-state index contributed by atoms with van der Waals surface area (Å²) in [4.78, 5) is 12.2. The highest BCUT2D eigenvalue weighted by molar-refractivity contribution is 8.00. The fraction of sp³-hybridized carbons (Fsp3) is 0.308. The highest BCUT2D eigenvalue weighted by Crippen LogP contribution is 2.26. The van der Waals surface area contributed by atoms with Crippen molar-refractivity contribution in [1.82, 2.24) is 10.2 Å². The highest BCUT2D eigenvalue weighted by Gasteiger charge is 2.22. The summed E-state index contributed by atoms with van der Waals surface area (Å²) in [6.07, 6.45) is 2.88. The third-order valence-electron chi connectivity index (χ3n) is 2.96. The van der Waals surface area contributed by atoms with Crippen LogP contribution in [0.2, 0.25) is 5.02 Å². The van der Waals surface area contributed by atoms with E-state index in [0.29, 0.717) is 20.2 Å². The number of benzene rings is 1. The van der Waals surface area contributed by atoms with Crippen LogP contribution in [-0.4, -0.2) is 43.6 Å². The normalized spacial score (nSPS) is 11.3. The van der Waals surface area contributed by atoms with Gasteiger partial charge in [-0.2, -0.15) is 0 Å². The fourth-order valence-electron chi connectivity index (χ4n) is 1.77. The van der Waals surface area contributed by atoms with E-state index in [1.54, 1.807) is 12.1 Å². The van der Waals surface area contributed by atoms with Gasteiger partial charge in [-0.05, 0) is 30.9 Å². The number of aromatic nitrogens is 2. The Morgan fingerprint density at radius 1 is 1.42 bits per heavy atom.